The van der Waals surface area contributed by atoms with Crippen molar-refractivity contribution in [2.75, 3.05) is 12.8 Å². The number of methoxy groups -OCH3 is 1. The number of nitrogens with one attached hydrogen (secondary N) is 1. The van der Waals surface area contributed by atoms with E-state index in [-0.39, 0.29) is 22.8 Å². The van der Waals surface area contributed by atoms with Gasteiger partial charge in [0.1, 0.15) is 16.9 Å². The van der Waals surface area contributed by atoms with Gasteiger partial charge in [0, 0.05) is 11.6 Å². The lowest BCUT2D eigenvalue weighted by molar-refractivity contribution is -0.394. The summed E-state index contributed by atoms with van der Waals surface area (Å²) in [5.41, 5.74) is 1.05. The number of carboxylic acid groups (broad SMARTS) is 2. The smallest absolute Gasteiger partial charge is 0.342 e. The average molecular weight is 486 g/mol. The second kappa shape index (κ2) is 9.18. The Hall–Kier alpha value is -5.47. The van der Waals surface area contributed by atoms with Crippen molar-refractivity contribution in [3.63, 3.8) is 0 Å². The minimum Gasteiger partial charge on any atom is -0.493 e. The number of nitrogens with zero attached hydrogens (tertiary/aromatic N) is 2. The summed E-state index contributed by atoms with van der Waals surface area (Å²) in [6.07, 6.45) is 0. The molecule has 0 aliphatic carbocycles. The first-order valence-corrected chi connectivity index (χ1v) is 9.27. The first-order valence-electron chi connectivity index (χ1n) is 9.27. The van der Waals surface area contributed by atoms with Gasteiger partial charge in [0.15, 0.2) is 11.5 Å². The van der Waals surface area contributed by atoms with E-state index in [1.807, 2.05) is 4.98 Å². The molecule has 0 bridgehead atoms. The summed E-state index contributed by atoms with van der Waals surface area (Å²) in [5.74, 6) is -4.56. The summed E-state index contributed by atoms with van der Waals surface area (Å²) in [6, 6.07) is 6.19. The molecule has 3 aromatic rings. The number of nitrogens with two attached hydrogens (primary N) is 1. The summed E-state index contributed by atoms with van der Waals surface area (Å²) < 4.78 is 10.7. The fraction of sp³-hybridized carbons (Fsp3) is 0.0500. The lowest BCUT2D eigenvalue weighted by atomic mass is 9.95. The number of nitro benzene ring substituents is 2. The zero-order valence-electron chi connectivity index (χ0n) is 17.5. The zero-order chi connectivity index (χ0) is 26.0. The first kappa shape index (κ1) is 24.2. The van der Waals surface area contributed by atoms with E-state index in [0.29, 0.717) is 6.07 Å². The van der Waals surface area contributed by atoms with Crippen LogP contribution in [-0.4, -0.2) is 44.1 Å². The molecule has 0 atom stereocenters. The van der Waals surface area contributed by atoms with Gasteiger partial charge in [-0.25, -0.2) is 9.59 Å². The van der Waals surface area contributed by atoms with Crippen LogP contribution in [0.1, 0.15) is 20.7 Å². The number of pyridine rings is 1. The summed E-state index contributed by atoms with van der Waals surface area (Å²) >= 11 is 0. The molecule has 1 heterocycles. The predicted octanol–water partition coefficient (Wildman–Crippen LogP) is 2.64. The molecule has 0 spiro atoms. The number of aromatic carboxylic acids is 2. The van der Waals surface area contributed by atoms with Crippen molar-refractivity contribution in [3.05, 3.63) is 78.1 Å². The molecule has 1 aromatic heterocycles. The van der Waals surface area contributed by atoms with Crippen LogP contribution in [0.4, 0.5) is 17.2 Å². The van der Waals surface area contributed by atoms with Crippen molar-refractivity contribution in [2.24, 2.45) is 0 Å². The van der Waals surface area contributed by atoms with Gasteiger partial charge in [-0.05, 0) is 23.8 Å². The highest BCUT2D eigenvalue weighted by Crippen LogP contribution is 2.41. The highest BCUT2D eigenvalue weighted by Gasteiger charge is 2.28. The van der Waals surface area contributed by atoms with Crippen LogP contribution in [0.2, 0.25) is 0 Å². The van der Waals surface area contributed by atoms with Crippen molar-refractivity contribution >= 4 is 29.1 Å². The lowest BCUT2D eigenvalue weighted by Crippen LogP contribution is -2.24. The van der Waals surface area contributed by atoms with Crippen LogP contribution in [-0.2, 0) is 0 Å². The number of benzene rings is 2. The summed E-state index contributed by atoms with van der Waals surface area (Å²) in [7, 11) is 1.18. The summed E-state index contributed by atoms with van der Waals surface area (Å²) in [4.78, 5) is 58.3. The number of anilines is 1. The van der Waals surface area contributed by atoms with Gasteiger partial charge < -0.3 is 30.4 Å². The van der Waals surface area contributed by atoms with E-state index in [4.69, 9.17) is 15.2 Å². The van der Waals surface area contributed by atoms with Crippen LogP contribution in [0, 0.1) is 20.2 Å². The Morgan fingerprint density at radius 3 is 2.11 bits per heavy atom. The maximum atomic E-state index is 12.2. The largest absolute Gasteiger partial charge is 0.493 e. The van der Waals surface area contributed by atoms with E-state index < -0.39 is 61.2 Å². The van der Waals surface area contributed by atoms with E-state index in [0.717, 1.165) is 18.2 Å². The average Bonchev–Trinajstić information content (AvgIpc) is 2.78. The maximum absolute atomic E-state index is 12.2. The summed E-state index contributed by atoms with van der Waals surface area (Å²) in [5, 5.41) is 41.4. The molecule has 0 amide bonds. The van der Waals surface area contributed by atoms with E-state index in [1.165, 1.54) is 19.2 Å². The standard InChI is InChI=1S/C20H14N4O11/c1-34-13-6-8(14-15(19(26)27)17(21)22-18(25)16(14)20(28)29)2-4-12(13)35-11-5-3-9(23(30)31)7-10(11)24(32)33/h2-7H,1H3,(H,26,27)(H,28,29)(H3,21,22,25). The Labute approximate surface area is 193 Å². The van der Waals surface area contributed by atoms with E-state index in [9.17, 15) is 44.8 Å². The normalized spacial score (nSPS) is 10.4. The molecule has 0 unspecified atom stereocenters. The fourth-order valence-electron chi connectivity index (χ4n) is 3.21. The number of ether oxygens (including phenoxy) is 2. The van der Waals surface area contributed by atoms with Gasteiger partial charge in [0.25, 0.3) is 11.2 Å². The van der Waals surface area contributed by atoms with Crippen molar-refractivity contribution in [1.82, 2.24) is 4.98 Å². The van der Waals surface area contributed by atoms with Crippen molar-refractivity contribution < 1.29 is 39.1 Å². The third-order valence-electron chi connectivity index (χ3n) is 4.69. The predicted molar refractivity (Wildman–Crippen MR) is 117 cm³/mol. The van der Waals surface area contributed by atoms with Gasteiger partial charge >= 0.3 is 17.6 Å². The Morgan fingerprint density at radius 2 is 1.57 bits per heavy atom. The number of carboxylic acids is 2. The topological polar surface area (TPSA) is 238 Å². The minimum atomic E-state index is -1.72. The molecular formula is C20H14N4O11. The number of aromatic nitrogens is 1. The maximum Gasteiger partial charge on any atom is 0.342 e. The SMILES string of the molecule is COc1cc(-c2c(C(=O)O)c(N)[nH]c(=O)c2C(=O)O)ccc1Oc1ccc([N+](=O)[O-])cc1[N+](=O)[O-]. The monoisotopic (exact) mass is 486 g/mol. The van der Waals surface area contributed by atoms with Crippen molar-refractivity contribution in [3.8, 4) is 28.4 Å². The van der Waals surface area contributed by atoms with Crippen LogP contribution in [0.25, 0.3) is 11.1 Å². The van der Waals surface area contributed by atoms with Gasteiger partial charge in [-0.2, -0.15) is 0 Å². The van der Waals surface area contributed by atoms with Gasteiger partial charge in [-0.15, -0.1) is 0 Å². The van der Waals surface area contributed by atoms with E-state index in [1.54, 1.807) is 0 Å². The van der Waals surface area contributed by atoms with Gasteiger partial charge in [0.2, 0.25) is 5.75 Å². The second-order valence-electron chi connectivity index (χ2n) is 6.74. The molecule has 2 aromatic carbocycles. The number of hydrogen-bond acceptors (Lipinski definition) is 10. The second-order valence-corrected chi connectivity index (χ2v) is 6.74. The number of rotatable bonds is 8. The molecule has 0 radical (unpaired) electrons. The molecule has 0 aliphatic heterocycles. The molecule has 5 N–H and O–H groups in total. The molecular weight excluding hydrogens is 472 g/mol. The third kappa shape index (κ3) is 4.54. The molecule has 35 heavy (non-hydrogen) atoms. The van der Waals surface area contributed by atoms with Crippen molar-refractivity contribution in [1.29, 1.82) is 0 Å². The zero-order valence-corrected chi connectivity index (χ0v) is 17.5. The van der Waals surface area contributed by atoms with Crippen LogP contribution >= 0.6 is 0 Å². The van der Waals surface area contributed by atoms with E-state index in [2.05, 4.69) is 0 Å². The molecule has 0 saturated heterocycles. The fourth-order valence-corrected chi connectivity index (χ4v) is 3.21. The highest BCUT2D eigenvalue weighted by atomic mass is 16.6. The molecule has 3 rings (SSSR count). The third-order valence-corrected chi connectivity index (χ3v) is 4.69. The number of nitrogen functional groups attached to an aromatic ring is 1. The molecule has 0 saturated carbocycles. The summed E-state index contributed by atoms with van der Waals surface area (Å²) in [6.45, 7) is 0. The number of aromatic amines is 1. The Morgan fingerprint density at radius 1 is 0.943 bits per heavy atom. The molecule has 15 heteroatoms. The number of H-pyrrole nitrogens is 1. The van der Waals surface area contributed by atoms with Gasteiger partial charge in [-0.1, -0.05) is 6.07 Å². The van der Waals surface area contributed by atoms with Crippen molar-refractivity contribution in [2.45, 2.75) is 0 Å². The first-order chi connectivity index (χ1) is 16.5. The number of non-ortho nitro benzene ring substituents is 1. The quantitative estimate of drug-likeness (QED) is 0.265. The molecule has 15 nitrogen and oxygen atoms in total. The molecule has 0 fully saturated rings. The Balaban J connectivity index is 2.20. The molecule has 0 aliphatic rings. The Kier molecular flexibility index (Phi) is 6.34. The number of carbonyl (C=O) groups is 2. The number of hydrogen-bond donors (Lipinski definition) is 4. The Bertz CT molecular complexity index is 1460. The van der Waals surface area contributed by atoms with Crippen LogP contribution in [0.15, 0.2) is 41.2 Å². The minimum absolute atomic E-state index is 0.0972. The van der Waals surface area contributed by atoms with Gasteiger partial charge in [0.05, 0.1) is 23.0 Å². The van der Waals surface area contributed by atoms with E-state index >= 15 is 0 Å². The lowest BCUT2D eigenvalue weighted by Gasteiger charge is -2.15. The molecule has 180 valence electrons. The number of nitro groups is 2. The van der Waals surface area contributed by atoms with Crippen LogP contribution in [0.3, 0.4) is 0 Å². The van der Waals surface area contributed by atoms with Crippen LogP contribution < -0.4 is 20.8 Å². The highest BCUT2D eigenvalue weighted by molar-refractivity contribution is 6.07. The van der Waals surface area contributed by atoms with Gasteiger partial charge in [-0.3, -0.25) is 25.0 Å². The van der Waals surface area contributed by atoms with Crippen LogP contribution in [0.5, 0.6) is 17.2 Å².